The molecule has 0 saturated carbocycles. The van der Waals surface area contributed by atoms with Gasteiger partial charge < -0.3 is 24.6 Å². The summed E-state index contributed by atoms with van der Waals surface area (Å²) in [5.41, 5.74) is 1.53. The number of carbonyl (C=O) groups is 3. The number of hydrogen-bond donors (Lipinski definition) is 1. The SMILES string of the molecule is CCN(CC)C(=O)c1ccc(NC(=O)C2CC(=O)N(c3ccc4c(c3)OCCO4)C2)cc1Cl. The van der Waals surface area contributed by atoms with Crippen molar-refractivity contribution in [2.24, 2.45) is 5.92 Å². The van der Waals surface area contributed by atoms with E-state index in [4.69, 9.17) is 21.1 Å². The second kappa shape index (κ2) is 9.70. The fourth-order valence-electron chi connectivity index (χ4n) is 4.02. The Labute approximate surface area is 197 Å². The maximum atomic E-state index is 12.8. The van der Waals surface area contributed by atoms with Gasteiger partial charge in [-0.2, -0.15) is 0 Å². The van der Waals surface area contributed by atoms with Gasteiger partial charge in [0.2, 0.25) is 11.8 Å². The van der Waals surface area contributed by atoms with Crippen LogP contribution in [-0.4, -0.2) is 55.5 Å². The van der Waals surface area contributed by atoms with Gasteiger partial charge in [-0.1, -0.05) is 11.6 Å². The maximum absolute atomic E-state index is 12.8. The van der Waals surface area contributed by atoms with Crippen molar-refractivity contribution in [2.45, 2.75) is 20.3 Å². The van der Waals surface area contributed by atoms with Gasteiger partial charge in [-0.3, -0.25) is 14.4 Å². The Hall–Kier alpha value is -3.26. The third kappa shape index (κ3) is 4.75. The minimum atomic E-state index is -0.513. The molecule has 2 aliphatic heterocycles. The lowest BCUT2D eigenvalue weighted by Gasteiger charge is -2.22. The number of hydrogen-bond acceptors (Lipinski definition) is 5. The minimum Gasteiger partial charge on any atom is -0.486 e. The van der Waals surface area contributed by atoms with Crippen LogP contribution in [-0.2, 0) is 9.59 Å². The lowest BCUT2D eigenvalue weighted by Crippen LogP contribution is -2.30. The van der Waals surface area contributed by atoms with Gasteiger partial charge >= 0.3 is 0 Å². The topological polar surface area (TPSA) is 88.2 Å². The summed E-state index contributed by atoms with van der Waals surface area (Å²) in [6.07, 6.45) is 0.104. The minimum absolute atomic E-state index is 0.104. The zero-order chi connectivity index (χ0) is 23.5. The quantitative estimate of drug-likeness (QED) is 0.695. The van der Waals surface area contributed by atoms with Gasteiger partial charge in [0.15, 0.2) is 11.5 Å². The number of fused-ring (bicyclic) bond motifs is 1. The summed E-state index contributed by atoms with van der Waals surface area (Å²) in [5.74, 6) is 0.160. The molecule has 3 amide bonds. The van der Waals surface area contributed by atoms with E-state index in [0.29, 0.717) is 54.7 Å². The largest absolute Gasteiger partial charge is 0.486 e. The molecule has 1 unspecified atom stereocenters. The van der Waals surface area contributed by atoms with E-state index < -0.39 is 5.92 Å². The molecule has 1 fully saturated rings. The number of amides is 3. The molecule has 2 aromatic rings. The van der Waals surface area contributed by atoms with Crippen molar-refractivity contribution in [3.05, 3.63) is 47.0 Å². The van der Waals surface area contributed by atoms with Crippen molar-refractivity contribution in [1.29, 1.82) is 0 Å². The molecular weight excluding hydrogens is 446 g/mol. The van der Waals surface area contributed by atoms with Crippen molar-refractivity contribution in [3.63, 3.8) is 0 Å². The van der Waals surface area contributed by atoms with Gasteiger partial charge in [0.05, 0.1) is 16.5 Å². The first-order valence-corrected chi connectivity index (χ1v) is 11.4. The van der Waals surface area contributed by atoms with Crippen molar-refractivity contribution in [1.82, 2.24) is 4.90 Å². The second-order valence-electron chi connectivity index (χ2n) is 7.89. The van der Waals surface area contributed by atoms with Crippen molar-refractivity contribution >= 4 is 40.7 Å². The monoisotopic (exact) mass is 471 g/mol. The first-order valence-electron chi connectivity index (χ1n) is 11.0. The first-order chi connectivity index (χ1) is 15.9. The summed E-state index contributed by atoms with van der Waals surface area (Å²) < 4.78 is 11.1. The van der Waals surface area contributed by atoms with Crippen molar-refractivity contribution < 1.29 is 23.9 Å². The number of ether oxygens (including phenoxy) is 2. The van der Waals surface area contributed by atoms with Crippen LogP contribution in [0.3, 0.4) is 0 Å². The normalized spacial score (nSPS) is 17.1. The van der Waals surface area contributed by atoms with E-state index in [2.05, 4.69) is 5.32 Å². The predicted molar refractivity (Wildman–Crippen MR) is 125 cm³/mol. The summed E-state index contributed by atoms with van der Waals surface area (Å²) >= 11 is 6.33. The number of nitrogens with one attached hydrogen (secondary N) is 1. The Morgan fingerprint density at radius 3 is 2.52 bits per heavy atom. The summed E-state index contributed by atoms with van der Waals surface area (Å²) in [4.78, 5) is 41.3. The summed E-state index contributed by atoms with van der Waals surface area (Å²) in [6, 6.07) is 10.1. The lowest BCUT2D eigenvalue weighted by atomic mass is 10.1. The van der Waals surface area contributed by atoms with E-state index in [1.54, 1.807) is 46.2 Å². The third-order valence-electron chi connectivity index (χ3n) is 5.85. The number of halogens is 1. The van der Waals surface area contributed by atoms with E-state index in [1.165, 1.54) is 0 Å². The van der Waals surface area contributed by atoms with Crippen LogP contribution in [0, 0.1) is 5.92 Å². The Bertz CT molecular complexity index is 1090. The highest BCUT2D eigenvalue weighted by Crippen LogP contribution is 2.36. The standard InChI is InChI=1S/C24H26ClN3O5/c1-3-27(4-2)24(31)18-7-5-16(12-19(18)25)26-23(30)15-11-22(29)28(14-15)17-6-8-20-21(13-17)33-10-9-32-20/h5-8,12-13,15H,3-4,9-11,14H2,1-2H3,(H,26,30). The molecule has 1 atom stereocenters. The molecule has 2 aromatic carbocycles. The van der Waals surface area contributed by atoms with Gasteiger partial charge in [-0.05, 0) is 44.2 Å². The molecule has 33 heavy (non-hydrogen) atoms. The van der Waals surface area contributed by atoms with Crippen LogP contribution in [0.1, 0.15) is 30.6 Å². The van der Waals surface area contributed by atoms with E-state index in [-0.39, 0.29) is 35.7 Å². The maximum Gasteiger partial charge on any atom is 0.255 e. The summed E-state index contributed by atoms with van der Waals surface area (Å²) in [5, 5.41) is 3.09. The molecule has 0 radical (unpaired) electrons. The molecule has 0 aromatic heterocycles. The highest BCUT2D eigenvalue weighted by atomic mass is 35.5. The fraction of sp³-hybridized carbons (Fsp3) is 0.375. The zero-order valence-electron chi connectivity index (χ0n) is 18.6. The Kier molecular flexibility index (Phi) is 6.74. The average Bonchev–Trinajstić information content (AvgIpc) is 3.21. The van der Waals surface area contributed by atoms with Crippen molar-refractivity contribution in [2.75, 3.05) is 43.1 Å². The van der Waals surface area contributed by atoms with E-state index in [1.807, 2.05) is 13.8 Å². The molecule has 2 aliphatic rings. The highest BCUT2D eigenvalue weighted by Gasteiger charge is 2.35. The molecule has 174 valence electrons. The molecule has 1 N–H and O–H groups in total. The Morgan fingerprint density at radius 1 is 1.09 bits per heavy atom. The lowest BCUT2D eigenvalue weighted by molar-refractivity contribution is -0.122. The molecule has 0 bridgehead atoms. The zero-order valence-corrected chi connectivity index (χ0v) is 19.4. The highest BCUT2D eigenvalue weighted by molar-refractivity contribution is 6.34. The van der Waals surface area contributed by atoms with Gasteiger partial charge in [0.25, 0.3) is 5.91 Å². The average molecular weight is 472 g/mol. The first kappa shape index (κ1) is 22.9. The summed E-state index contributed by atoms with van der Waals surface area (Å²) in [7, 11) is 0. The molecule has 2 heterocycles. The summed E-state index contributed by atoms with van der Waals surface area (Å²) in [6.45, 7) is 6.18. The molecule has 1 saturated heterocycles. The number of carbonyl (C=O) groups excluding carboxylic acids is 3. The predicted octanol–water partition coefficient (Wildman–Crippen LogP) is 3.58. The number of benzene rings is 2. The molecule has 0 aliphatic carbocycles. The van der Waals surface area contributed by atoms with Crippen LogP contribution in [0.25, 0.3) is 0 Å². The van der Waals surface area contributed by atoms with Gasteiger partial charge in [-0.15, -0.1) is 0 Å². The molecule has 9 heteroatoms. The third-order valence-corrected chi connectivity index (χ3v) is 6.16. The van der Waals surface area contributed by atoms with Crippen molar-refractivity contribution in [3.8, 4) is 11.5 Å². The van der Waals surface area contributed by atoms with Crippen LogP contribution < -0.4 is 19.7 Å². The van der Waals surface area contributed by atoms with Crippen LogP contribution in [0.2, 0.25) is 5.02 Å². The van der Waals surface area contributed by atoms with E-state index in [0.717, 1.165) is 0 Å². The number of nitrogens with zero attached hydrogens (tertiary/aromatic N) is 2. The molecular formula is C24H26ClN3O5. The molecule has 0 spiro atoms. The fourth-order valence-corrected chi connectivity index (χ4v) is 4.29. The van der Waals surface area contributed by atoms with Gasteiger partial charge in [-0.25, -0.2) is 0 Å². The van der Waals surface area contributed by atoms with Crippen LogP contribution in [0.4, 0.5) is 11.4 Å². The van der Waals surface area contributed by atoms with Crippen LogP contribution >= 0.6 is 11.6 Å². The number of anilines is 2. The van der Waals surface area contributed by atoms with Crippen LogP contribution in [0.15, 0.2) is 36.4 Å². The number of rotatable bonds is 6. The second-order valence-corrected chi connectivity index (χ2v) is 8.30. The Balaban J connectivity index is 1.43. The van der Waals surface area contributed by atoms with E-state index in [9.17, 15) is 14.4 Å². The van der Waals surface area contributed by atoms with E-state index >= 15 is 0 Å². The van der Waals surface area contributed by atoms with Crippen LogP contribution in [0.5, 0.6) is 11.5 Å². The molecule has 4 rings (SSSR count). The van der Waals surface area contributed by atoms with Gasteiger partial charge in [0.1, 0.15) is 13.2 Å². The Morgan fingerprint density at radius 2 is 1.82 bits per heavy atom. The smallest absolute Gasteiger partial charge is 0.255 e. The van der Waals surface area contributed by atoms with Gasteiger partial charge in [0, 0.05) is 43.5 Å². The molecule has 8 nitrogen and oxygen atoms in total.